The second-order valence-electron chi connectivity index (χ2n) is 6.48. The summed E-state index contributed by atoms with van der Waals surface area (Å²) in [5.41, 5.74) is 3.16. The molecule has 3 aromatic rings. The van der Waals surface area contributed by atoms with Crippen molar-refractivity contribution in [1.29, 1.82) is 0 Å². The van der Waals surface area contributed by atoms with Gasteiger partial charge in [-0.2, -0.15) is 4.98 Å². The van der Waals surface area contributed by atoms with E-state index in [1.807, 2.05) is 48.5 Å². The third-order valence-electron chi connectivity index (χ3n) is 4.36. The fourth-order valence-electron chi connectivity index (χ4n) is 2.61. The fraction of sp³-hybridized carbons (Fsp3) is 0.227. The highest BCUT2D eigenvalue weighted by atomic mass is 16.5. The Labute approximate surface area is 165 Å². The highest BCUT2D eigenvalue weighted by Gasteiger charge is 2.10. The monoisotopic (exact) mass is 376 g/mol. The first kappa shape index (κ1) is 19.4. The molecule has 0 aliphatic rings. The standard InChI is InChI=1S/C22H24N4O2/c1-4-15(2)23-22-25-19(16-8-6-5-7-9-16)14-20(26-22)24-18-12-10-17(11-13-18)21(27)28-3/h5-15H,4H2,1-3H3,(H2,23,24,25,26)/t15-/m1/s1. The molecule has 0 radical (unpaired) electrons. The van der Waals surface area contributed by atoms with Crippen LogP contribution in [-0.4, -0.2) is 29.1 Å². The van der Waals surface area contributed by atoms with Crippen molar-refractivity contribution in [1.82, 2.24) is 9.97 Å². The van der Waals surface area contributed by atoms with E-state index < -0.39 is 0 Å². The zero-order chi connectivity index (χ0) is 19.9. The van der Waals surface area contributed by atoms with Crippen LogP contribution in [0.25, 0.3) is 11.3 Å². The number of rotatable bonds is 7. The summed E-state index contributed by atoms with van der Waals surface area (Å²) in [6.45, 7) is 4.21. The van der Waals surface area contributed by atoms with Gasteiger partial charge in [-0.05, 0) is 37.6 Å². The predicted molar refractivity (Wildman–Crippen MR) is 112 cm³/mol. The summed E-state index contributed by atoms with van der Waals surface area (Å²) in [7, 11) is 1.37. The van der Waals surface area contributed by atoms with Crippen molar-refractivity contribution in [2.45, 2.75) is 26.3 Å². The van der Waals surface area contributed by atoms with Crippen LogP contribution in [0.2, 0.25) is 0 Å². The molecule has 1 atom stereocenters. The first-order valence-electron chi connectivity index (χ1n) is 9.25. The van der Waals surface area contributed by atoms with Crippen LogP contribution in [0.1, 0.15) is 30.6 Å². The van der Waals surface area contributed by atoms with Crippen LogP contribution < -0.4 is 10.6 Å². The van der Waals surface area contributed by atoms with Crippen LogP contribution in [-0.2, 0) is 4.74 Å². The average Bonchev–Trinajstić information content (AvgIpc) is 2.74. The van der Waals surface area contributed by atoms with Crippen molar-refractivity contribution in [3.05, 3.63) is 66.2 Å². The molecule has 0 saturated heterocycles. The molecule has 1 aromatic heterocycles. The van der Waals surface area contributed by atoms with Gasteiger partial charge in [0.05, 0.1) is 18.4 Å². The Morgan fingerprint density at radius 1 is 1.07 bits per heavy atom. The molecule has 0 fully saturated rings. The number of ether oxygens (including phenoxy) is 1. The van der Waals surface area contributed by atoms with Gasteiger partial charge in [-0.25, -0.2) is 9.78 Å². The van der Waals surface area contributed by atoms with Gasteiger partial charge in [-0.15, -0.1) is 0 Å². The third-order valence-corrected chi connectivity index (χ3v) is 4.36. The summed E-state index contributed by atoms with van der Waals surface area (Å²) in [5.74, 6) is 0.884. The number of nitrogens with one attached hydrogen (secondary N) is 2. The lowest BCUT2D eigenvalue weighted by atomic mass is 10.1. The minimum Gasteiger partial charge on any atom is -0.465 e. The average molecular weight is 376 g/mol. The molecule has 2 N–H and O–H groups in total. The number of hydrogen-bond donors (Lipinski definition) is 2. The molecular weight excluding hydrogens is 352 g/mol. The Morgan fingerprint density at radius 2 is 1.79 bits per heavy atom. The molecule has 0 amide bonds. The van der Waals surface area contributed by atoms with Gasteiger partial charge >= 0.3 is 5.97 Å². The zero-order valence-electron chi connectivity index (χ0n) is 16.3. The number of methoxy groups -OCH3 is 1. The summed E-state index contributed by atoms with van der Waals surface area (Å²) in [4.78, 5) is 20.8. The molecule has 0 aliphatic heterocycles. The lowest BCUT2D eigenvalue weighted by Crippen LogP contribution is -2.16. The van der Waals surface area contributed by atoms with Gasteiger partial charge in [-0.3, -0.25) is 0 Å². The van der Waals surface area contributed by atoms with E-state index in [9.17, 15) is 4.79 Å². The Hall–Kier alpha value is -3.41. The van der Waals surface area contributed by atoms with Gasteiger partial charge < -0.3 is 15.4 Å². The van der Waals surface area contributed by atoms with Crippen molar-refractivity contribution in [3.63, 3.8) is 0 Å². The second-order valence-corrected chi connectivity index (χ2v) is 6.48. The van der Waals surface area contributed by atoms with E-state index in [1.165, 1.54) is 7.11 Å². The molecular formula is C22H24N4O2. The molecule has 28 heavy (non-hydrogen) atoms. The van der Waals surface area contributed by atoms with Crippen molar-refractivity contribution < 1.29 is 9.53 Å². The van der Waals surface area contributed by atoms with Crippen LogP contribution in [0.3, 0.4) is 0 Å². The molecule has 0 spiro atoms. The van der Waals surface area contributed by atoms with Gasteiger partial charge in [-0.1, -0.05) is 37.3 Å². The van der Waals surface area contributed by atoms with Gasteiger partial charge in [0, 0.05) is 23.4 Å². The molecule has 0 bridgehead atoms. The molecule has 0 saturated carbocycles. The van der Waals surface area contributed by atoms with E-state index in [2.05, 4.69) is 34.4 Å². The third kappa shape index (κ3) is 4.85. The molecule has 6 heteroatoms. The summed E-state index contributed by atoms with van der Waals surface area (Å²) in [6.07, 6.45) is 0.969. The summed E-state index contributed by atoms with van der Waals surface area (Å²) in [5, 5.41) is 6.62. The number of carbonyl (C=O) groups excluding carboxylic acids is 1. The summed E-state index contributed by atoms with van der Waals surface area (Å²) < 4.78 is 4.73. The van der Waals surface area contributed by atoms with Crippen molar-refractivity contribution in [2.24, 2.45) is 0 Å². The SMILES string of the molecule is CC[C@@H](C)Nc1nc(Nc2ccc(C(=O)OC)cc2)cc(-c2ccccc2)n1. The number of benzene rings is 2. The van der Waals surface area contributed by atoms with E-state index >= 15 is 0 Å². The largest absolute Gasteiger partial charge is 0.465 e. The minimum absolute atomic E-state index is 0.262. The highest BCUT2D eigenvalue weighted by molar-refractivity contribution is 5.89. The molecule has 0 aliphatic carbocycles. The molecule has 1 heterocycles. The smallest absolute Gasteiger partial charge is 0.337 e. The number of anilines is 3. The molecule has 2 aromatic carbocycles. The van der Waals surface area contributed by atoms with Crippen molar-refractivity contribution >= 4 is 23.4 Å². The Morgan fingerprint density at radius 3 is 2.43 bits per heavy atom. The number of carbonyl (C=O) groups is 1. The maximum atomic E-state index is 11.6. The quantitative estimate of drug-likeness (QED) is 0.572. The second kappa shape index (κ2) is 8.99. The summed E-state index contributed by atoms with van der Waals surface area (Å²) in [6, 6.07) is 19.2. The predicted octanol–water partition coefficient (Wildman–Crippen LogP) is 4.88. The van der Waals surface area contributed by atoms with Gasteiger partial charge in [0.15, 0.2) is 0 Å². The van der Waals surface area contributed by atoms with Gasteiger partial charge in [0.2, 0.25) is 5.95 Å². The van der Waals surface area contributed by atoms with Crippen LogP contribution in [0.15, 0.2) is 60.7 Å². The Bertz CT molecular complexity index is 927. The highest BCUT2D eigenvalue weighted by Crippen LogP contribution is 2.24. The summed E-state index contributed by atoms with van der Waals surface area (Å²) >= 11 is 0. The van der Waals surface area contributed by atoms with E-state index in [0.29, 0.717) is 17.3 Å². The van der Waals surface area contributed by atoms with Crippen LogP contribution in [0.5, 0.6) is 0 Å². The number of esters is 1. The number of nitrogens with zero attached hydrogens (tertiary/aromatic N) is 2. The maximum absolute atomic E-state index is 11.6. The number of hydrogen-bond acceptors (Lipinski definition) is 6. The van der Waals surface area contributed by atoms with E-state index in [1.54, 1.807) is 12.1 Å². The van der Waals surface area contributed by atoms with E-state index in [4.69, 9.17) is 4.74 Å². The van der Waals surface area contributed by atoms with Gasteiger partial charge in [0.1, 0.15) is 5.82 Å². The topological polar surface area (TPSA) is 76.1 Å². The van der Waals surface area contributed by atoms with Gasteiger partial charge in [0.25, 0.3) is 0 Å². The number of aromatic nitrogens is 2. The van der Waals surface area contributed by atoms with E-state index in [0.717, 1.165) is 23.4 Å². The lowest BCUT2D eigenvalue weighted by Gasteiger charge is -2.15. The van der Waals surface area contributed by atoms with Crippen molar-refractivity contribution in [3.8, 4) is 11.3 Å². The maximum Gasteiger partial charge on any atom is 0.337 e. The van der Waals surface area contributed by atoms with Crippen LogP contribution in [0, 0.1) is 0 Å². The normalized spacial score (nSPS) is 11.5. The first-order chi connectivity index (χ1) is 13.6. The van der Waals surface area contributed by atoms with E-state index in [-0.39, 0.29) is 12.0 Å². The van der Waals surface area contributed by atoms with Crippen LogP contribution in [0.4, 0.5) is 17.5 Å². The van der Waals surface area contributed by atoms with Crippen LogP contribution >= 0.6 is 0 Å². The molecule has 144 valence electrons. The molecule has 0 unspecified atom stereocenters. The minimum atomic E-state index is -0.361. The lowest BCUT2D eigenvalue weighted by molar-refractivity contribution is 0.0601. The molecule has 3 rings (SSSR count). The Balaban J connectivity index is 1.90. The molecule has 6 nitrogen and oxygen atoms in total. The van der Waals surface area contributed by atoms with Crippen molar-refractivity contribution in [2.75, 3.05) is 17.7 Å². The first-order valence-corrected chi connectivity index (χ1v) is 9.25. The Kier molecular flexibility index (Phi) is 6.22. The fourth-order valence-corrected chi connectivity index (χ4v) is 2.61. The zero-order valence-corrected chi connectivity index (χ0v) is 16.3.